The van der Waals surface area contributed by atoms with Crippen molar-refractivity contribution < 1.29 is 14.0 Å². The molecule has 0 atom stereocenters. The number of benzene rings is 1. The molecule has 148 valence electrons. The van der Waals surface area contributed by atoms with Gasteiger partial charge in [0.25, 0.3) is 11.8 Å². The summed E-state index contributed by atoms with van der Waals surface area (Å²) in [6.07, 6.45) is 3.06. The lowest BCUT2D eigenvalue weighted by molar-refractivity contribution is 0.0746. The van der Waals surface area contributed by atoms with Gasteiger partial charge in [-0.15, -0.1) is 0 Å². The first-order valence-corrected chi connectivity index (χ1v) is 9.59. The van der Waals surface area contributed by atoms with Crippen molar-refractivity contribution in [3.8, 4) is 0 Å². The number of rotatable bonds is 4. The fourth-order valence-corrected chi connectivity index (χ4v) is 3.29. The average molecular weight is 411 g/mol. The molecule has 0 spiro atoms. The molecule has 8 heteroatoms. The maximum atomic E-state index is 12.6. The molecular formula is C21H19ClN4O3. The Kier molecular flexibility index (Phi) is 5.48. The van der Waals surface area contributed by atoms with Crippen molar-refractivity contribution in [1.82, 2.24) is 9.88 Å². The highest BCUT2D eigenvalue weighted by atomic mass is 35.5. The molecule has 0 aliphatic carbocycles. The minimum atomic E-state index is -0.320. The molecule has 29 heavy (non-hydrogen) atoms. The molecule has 1 N–H and O–H groups in total. The van der Waals surface area contributed by atoms with Crippen LogP contribution in [0.25, 0.3) is 0 Å². The first-order chi connectivity index (χ1) is 14.1. The highest BCUT2D eigenvalue weighted by Gasteiger charge is 2.23. The fourth-order valence-electron chi connectivity index (χ4n) is 3.16. The standard InChI is InChI=1S/C21H19ClN4O3/c22-16-5-3-15(4-6-16)21(28)26-11-9-25(10-12-26)19-8-7-17(14-23-19)24-20(27)18-2-1-13-29-18/h1-8,13-14H,9-12H2,(H,24,27). The highest BCUT2D eigenvalue weighted by Crippen LogP contribution is 2.18. The van der Waals surface area contributed by atoms with Crippen LogP contribution in [-0.4, -0.2) is 47.9 Å². The van der Waals surface area contributed by atoms with Gasteiger partial charge in [0.2, 0.25) is 0 Å². The Morgan fingerprint density at radius 2 is 1.76 bits per heavy atom. The van der Waals surface area contributed by atoms with E-state index in [1.807, 2.05) is 11.0 Å². The zero-order valence-electron chi connectivity index (χ0n) is 15.5. The Balaban J connectivity index is 1.33. The summed E-state index contributed by atoms with van der Waals surface area (Å²) in [5.74, 6) is 0.735. The molecule has 1 fully saturated rings. The molecule has 0 bridgehead atoms. The number of carbonyl (C=O) groups excluding carboxylic acids is 2. The van der Waals surface area contributed by atoms with E-state index in [1.54, 1.807) is 48.7 Å². The number of carbonyl (C=O) groups is 2. The minimum absolute atomic E-state index is 0.00487. The number of furan rings is 1. The third-order valence-electron chi connectivity index (χ3n) is 4.73. The summed E-state index contributed by atoms with van der Waals surface area (Å²) in [5, 5.41) is 3.35. The van der Waals surface area contributed by atoms with E-state index in [9.17, 15) is 9.59 Å². The Bertz CT molecular complexity index is 980. The molecule has 3 aromatic rings. The van der Waals surface area contributed by atoms with E-state index in [0.29, 0.717) is 42.5 Å². The van der Waals surface area contributed by atoms with Gasteiger partial charge in [-0.3, -0.25) is 9.59 Å². The topological polar surface area (TPSA) is 78.7 Å². The highest BCUT2D eigenvalue weighted by molar-refractivity contribution is 6.30. The Hall–Kier alpha value is -3.32. The number of halogens is 1. The Morgan fingerprint density at radius 1 is 1.00 bits per heavy atom. The fraction of sp³-hybridized carbons (Fsp3) is 0.190. The molecule has 1 aliphatic rings. The van der Waals surface area contributed by atoms with E-state index in [1.165, 1.54) is 6.26 Å². The third-order valence-corrected chi connectivity index (χ3v) is 4.98. The molecule has 1 aliphatic heterocycles. The second-order valence-electron chi connectivity index (χ2n) is 6.62. The lowest BCUT2D eigenvalue weighted by Gasteiger charge is -2.35. The zero-order chi connectivity index (χ0) is 20.2. The van der Waals surface area contributed by atoms with Gasteiger partial charge in [0, 0.05) is 36.8 Å². The summed E-state index contributed by atoms with van der Waals surface area (Å²) >= 11 is 5.89. The lowest BCUT2D eigenvalue weighted by atomic mass is 10.2. The molecule has 0 unspecified atom stereocenters. The van der Waals surface area contributed by atoms with Crippen molar-refractivity contribution in [2.75, 3.05) is 36.4 Å². The monoisotopic (exact) mass is 410 g/mol. The first kappa shape index (κ1) is 19.0. The van der Waals surface area contributed by atoms with Crippen LogP contribution in [0.4, 0.5) is 11.5 Å². The minimum Gasteiger partial charge on any atom is -0.459 e. The van der Waals surface area contributed by atoms with E-state index in [-0.39, 0.29) is 17.6 Å². The summed E-state index contributed by atoms with van der Waals surface area (Å²) in [4.78, 5) is 33.0. The van der Waals surface area contributed by atoms with Crippen LogP contribution in [0.15, 0.2) is 65.4 Å². The number of amides is 2. The predicted octanol–water partition coefficient (Wildman–Crippen LogP) is 3.54. The molecule has 0 saturated carbocycles. The number of hydrogen-bond donors (Lipinski definition) is 1. The van der Waals surface area contributed by atoms with E-state index >= 15 is 0 Å². The SMILES string of the molecule is O=C(Nc1ccc(N2CCN(C(=O)c3ccc(Cl)cc3)CC2)nc1)c1ccco1. The van der Waals surface area contributed by atoms with Gasteiger partial charge in [-0.1, -0.05) is 11.6 Å². The molecule has 7 nitrogen and oxygen atoms in total. The number of pyridine rings is 1. The van der Waals surface area contributed by atoms with Crippen LogP contribution >= 0.6 is 11.6 Å². The van der Waals surface area contributed by atoms with Crippen molar-refractivity contribution in [1.29, 1.82) is 0 Å². The first-order valence-electron chi connectivity index (χ1n) is 9.21. The van der Waals surface area contributed by atoms with Crippen LogP contribution in [0.5, 0.6) is 0 Å². The molecular weight excluding hydrogens is 392 g/mol. The van der Waals surface area contributed by atoms with Gasteiger partial charge in [0.05, 0.1) is 18.1 Å². The zero-order valence-corrected chi connectivity index (χ0v) is 16.3. The number of piperazine rings is 1. The van der Waals surface area contributed by atoms with Gasteiger partial charge in [-0.25, -0.2) is 4.98 Å². The Labute approximate surface area is 172 Å². The maximum absolute atomic E-state index is 12.6. The average Bonchev–Trinajstić information content (AvgIpc) is 3.30. The predicted molar refractivity (Wildman–Crippen MR) is 110 cm³/mol. The second-order valence-corrected chi connectivity index (χ2v) is 7.06. The summed E-state index contributed by atoms with van der Waals surface area (Å²) in [7, 11) is 0. The Morgan fingerprint density at radius 3 is 2.38 bits per heavy atom. The van der Waals surface area contributed by atoms with E-state index in [2.05, 4.69) is 15.2 Å². The van der Waals surface area contributed by atoms with Crippen LogP contribution in [0.3, 0.4) is 0 Å². The van der Waals surface area contributed by atoms with Gasteiger partial charge in [0.1, 0.15) is 5.82 Å². The summed E-state index contributed by atoms with van der Waals surface area (Å²) in [5.41, 5.74) is 1.23. The van der Waals surface area contributed by atoms with Crippen molar-refractivity contribution >= 4 is 34.9 Å². The van der Waals surface area contributed by atoms with E-state index in [4.69, 9.17) is 16.0 Å². The number of nitrogens with zero attached hydrogens (tertiary/aromatic N) is 3. The number of anilines is 2. The summed E-state index contributed by atoms with van der Waals surface area (Å²) < 4.78 is 5.07. The van der Waals surface area contributed by atoms with Gasteiger partial charge >= 0.3 is 0 Å². The van der Waals surface area contributed by atoms with Crippen LogP contribution in [0.1, 0.15) is 20.9 Å². The van der Waals surface area contributed by atoms with Gasteiger partial charge in [-0.05, 0) is 48.5 Å². The van der Waals surface area contributed by atoms with Crippen molar-refractivity contribution in [2.24, 2.45) is 0 Å². The summed E-state index contributed by atoms with van der Waals surface area (Å²) in [6, 6.07) is 13.9. The number of aromatic nitrogens is 1. The lowest BCUT2D eigenvalue weighted by Crippen LogP contribution is -2.49. The van der Waals surface area contributed by atoms with Gasteiger partial charge in [-0.2, -0.15) is 0 Å². The molecule has 0 radical (unpaired) electrons. The molecule has 2 amide bonds. The van der Waals surface area contributed by atoms with Gasteiger partial charge < -0.3 is 19.5 Å². The number of hydrogen-bond acceptors (Lipinski definition) is 5. The third kappa shape index (κ3) is 4.41. The molecule has 1 saturated heterocycles. The van der Waals surface area contributed by atoms with Crippen LogP contribution in [0, 0.1) is 0 Å². The molecule has 3 heterocycles. The van der Waals surface area contributed by atoms with Crippen LogP contribution in [0.2, 0.25) is 5.02 Å². The maximum Gasteiger partial charge on any atom is 0.291 e. The quantitative estimate of drug-likeness (QED) is 0.711. The van der Waals surface area contributed by atoms with E-state index < -0.39 is 0 Å². The number of nitrogens with one attached hydrogen (secondary N) is 1. The smallest absolute Gasteiger partial charge is 0.291 e. The molecule has 1 aromatic carbocycles. The normalized spacial score (nSPS) is 14.0. The largest absolute Gasteiger partial charge is 0.459 e. The van der Waals surface area contributed by atoms with Crippen molar-refractivity contribution in [2.45, 2.75) is 0 Å². The van der Waals surface area contributed by atoms with Crippen molar-refractivity contribution in [3.63, 3.8) is 0 Å². The van der Waals surface area contributed by atoms with Gasteiger partial charge in [0.15, 0.2) is 5.76 Å². The molecule has 2 aromatic heterocycles. The second kappa shape index (κ2) is 8.36. The van der Waals surface area contributed by atoms with Crippen LogP contribution in [-0.2, 0) is 0 Å². The van der Waals surface area contributed by atoms with Crippen LogP contribution < -0.4 is 10.2 Å². The van der Waals surface area contributed by atoms with E-state index in [0.717, 1.165) is 5.82 Å². The molecule has 4 rings (SSSR count). The summed E-state index contributed by atoms with van der Waals surface area (Å²) in [6.45, 7) is 2.59. The van der Waals surface area contributed by atoms with Crippen molar-refractivity contribution in [3.05, 3.63) is 77.3 Å².